The topological polar surface area (TPSA) is 52.7 Å². The summed E-state index contributed by atoms with van der Waals surface area (Å²) in [7, 11) is 0. The predicted molar refractivity (Wildman–Crippen MR) is 147 cm³/mol. The van der Waals surface area contributed by atoms with E-state index in [0.717, 1.165) is 50.4 Å². The number of carbonyl (C=O) groups excluding carboxylic acids is 2. The van der Waals surface area contributed by atoms with Gasteiger partial charge in [-0.3, -0.25) is 9.59 Å². The molecule has 0 spiro atoms. The van der Waals surface area contributed by atoms with E-state index in [2.05, 4.69) is 15.1 Å². The minimum Gasteiger partial charge on any atom is -0.370 e. The molecule has 1 N–H and O–H groups in total. The molecule has 1 amide bonds. The second-order valence-corrected chi connectivity index (χ2v) is 11.3. The van der Waals surface area contributed by atoms with Crippen LogP contribution >= 0.6 is 11.6 Å². The number of halogens is 1. The van der Waals surface area contributed by atoms with Crippen molar-refractivity contribution in [3.63, 3.8) is 0 Å². The Kier molecular flexibility index (Phi) is 8.28. The van der Waals surface area contributed by atoms with E-state index in [9.17, 15) is 9.59 Å². The summed E-state index contributed by atoms with van der Waals surface area (Å²) < 4.78 is 0. The van der Waals surface area contributed by atoms with E-state index in [4.69, 9.17) is 11.6 Å². The van der Waals surface area contributed by atoms with E-state index in [1.165, 1.54) is 45.3 Å². The van der Waals surface area contributed by atoms with Crippen LogP contribution in [0, 0.1) is 11.8 Å². The number of piperidine rings is 2. The van der Waals surface area contributed by atoms with Crippen LogP contribution in [0.15, 0.2) is 42.5 Å². The summed E-state index contributed by atoms with van der Waals surface area (Å²) >= 11 is 6.12. The maximum absolute atomic E-state index is 13.1. The van der Waals surface area contributed by atoms with Gasteiger partial charge in [-0.1, -0.05) is 24.1 Å². The second-order valence-electron chi connectivity index (χ2n) is 10.9. The number of rotatable bonds is 9. The quantitative estimate of drug-likeness (QED) is 0.385. The van der Waals surface area contributed by atoms with Gasteiger partial charge in [0.25, 0.3) is 5.91 Å². The van der Waals surface area contributed by atoms with E-state index in [1.54, 1.807) is 24.3 Å². The van der Waals surface area contributed by atoms with Crippen molar-refractivity contribution in [2.24, 2.45) is 11.8 Å². The van der Waals surface area contributed by atoms with Crippen LogP contribution in [-0.4, -0.2) is 49.3 Å². The van der Waals surface area contributed by atoms with Crippen LogP contribution in [-0.2, 0) is 0 Å². The molecule has 3 fully saturated rings. The number of carbonyl (C=O) groups is 2. The summed E-state index contributed by atoms with van der Waals surface area (Å²) in [5.41, 5.74) is 2.92. The Morgan fingerprint density at radius 2 is 1.64 bits per heavy atom. The van der Waals surface area contributed by atoms with Gasteiger partial charge in [-0.15, -0.1) is 0 Å². The fraction of sp³-hybridized carbons (Fsp3) is 0.533. The van der Waals surface area contributed by atoms with Gasteiger partial charge in [0, 0.05) is 35.7 Å². The van der Waals surface area contributed by atoms with Crippen molar-refractivity contribution in [3.05, 3.63) is 58.6 Å². The Morgan fingerprint density at radius 3 is 2.36 bits per heavy atom. The number of Topliss-reactive ketones (excluding diaryl/α,β-unsaturated/α-hetero) is 1. The highest BCUT2D eigenvalue weighted by atomic mass is 35.5. The smallest absolute Gasteiger partial charge is 0.255 e. The molecule has 2 aromatic rings. The van der Waals surface area contributed by atoms with Gasteiger partial charge >= 0.3 is 0 Å². The molecule has 0 aromatic heterocycles. The summed E-state index contributed by atoms with van der Waals surface area (Å²) in [5, 5.41) is 3.63. The molecule has 0 atom stereocenters. The number of nitrogens with one attached hydrogen (secondary N) is 1. The average Bonchev–Trinajstić information content (AvgIpc) is 3.72. The summed E-state index contributed by atoms with van der Waals surface area (Å²) in [6, 6.07) is 12.8. The van der Waals surface area contributed by atoms with Crippen LogP contribution in [0.25, 0.3) is 0 Å². The number of hydrogen-bond acceptors (Lipinski definition) is 4. The Bertz CT molecular complexity index is 1070. The summed E-state index contributed by atoms with van der Waals surface area (Å²) in [5.74, 6) is 1.25. The van der Waals surface area contributed by atoms with Gasteiger partial charge in [0.1, 0.15) is 0 Å². The third-order valence-electron chi connectivity index (χ3n) is 8.08. The second kappa shape index (κ2) is 11.8. The zero-order chi connectivity index (χ0) is 24.9. The lowest BCUT2D eigenvalue weighted by Crippen LogP contribution is -2.36. The first kappa shape index (κ1) is 25.3. The molecular weight excluding hydrogens is 470 g/mol. The molecule has 3 aliphatic rings. The van der Waals surface area contributed by atoms with E-state index >= 15 is 0 Å². The van der Waals surface area contributed by atoms with Gasteiger partial charge < -0.3 is 15.1 Å². The Labute approximate surface area is 220 Å². The van der Waals surface area contributed by atoms with Crippen LogP contribution in [0.5, 0.6) is 0 Å². The molecule has 2 aliphatic heterocycles. The highest BCUT2D eigenvalue weighted by molar-refractivity contribution is 6.31. The van der Waals surface area contributed by atoms with Crippen molar-refractivity contribution in [2.75, 3.05) is 42.9 Å². The maximum atomic E-state index is 13.1. The summed E-state index contributed by atoms with van der Waals surface area (Å²) in [6.07, 6.45) is 10.6. The highest BCUT2D eigenvalue weighted by Crippen LogP contribution is 2.36. The van der Waals surface area contributed by atoms with Gasteiger partial charge in [-0.25, -0.2) is 0 Å². The maximum Gasteiger partial charge on any atom is 0.255 e. The van der Waals surface area contributed by atoms with Gasteiger partial charge in [0.2, 0.25) is 0 Å². The van der Waals surface area contributed by atoms with Crippen molar-refractivity contribution >= 4 is 34.7 Å². The van der Waals surface area contributed by atoms with Crippen molar-refractivity contribution in [3.8, 4) is 0 Å². The third kappa shape index (κ3) is 6.68. The number of benzene rings is 2. The van der Waals surface area contributed by atoms with Gasteiger partial charge in [0.15, 0.2) is 5.78 Å². The highest BCUT2D eigenvalue weighted by Gasteiger charge is 2.27. The van der Waals surface area contributed by atoms with Crippen molar-refractivity contribution in [2.45, 2.75) is 57.8 Å². The van der Waals surface area contributed by atoms with Crippen LogP contribution < -0.4 is 10.2 Å². The van der Waals surface area contributed by atoms with Crippen LogP contribution in [0.3, 0.4) is 0 Å². The van der Waals surface area contributed by atoms with Crippen molar-refractivity contribution in [1.29, 1.82) is 0 Å². The minimum atomic E-state index is -0.207. The molecule has 6 heteroatoms. The number of anilines is 2. The number of nitrogens with zero attached hydrogens (tertiary/aromatic N) is 2. The van der Waals surface area contributed by atoms with Gasteiger partial charge in [0.05, 0.1) is 11.4 Å². The molecule has 5 rings (SSSR count). The Morgan fingerprint density at radius 1 is 0.861 bits per heavy atom. The number of amides is 1. The van der Waals surface area contributed by atoms with E-state index in [-0.39, 0.29) is 11.7 Å². The molecule has 2 aromatic carbocycles. The zero-order valence-electron chi connectivity index (χ0n) is 21.2. The first-order valence-corrected chi connectivity index (χ1v) is 14.1. The molecule has 192 valence electrons. The lowest BCUT2D eigenvalue weighted by Gasteiger charge is -2.36. The average molecular weight is 508 g/mol. The molecule has 36 heavy (non-hydrogen) atoms. The molecule has 1 saturated carbocycles. The molecule has 5 nitrogen and oxygen atoms in total. The molecule has 2 saturated heterocycles. The first-order valence-electron chi connectivity index (χ1n) is 13.8. The molecule has 1 aliphatic carbocycles. The largest absolute Gasteiger partial charge is 0.370 e. The normalized spacial score (nSPS) is 19.3. The van der Waals surface area contributed by atoms with E-state index in [1.807, 2.05) is 18.2 Å². The van der Waals surface area contributed by atoms with Crippen molar-refractivity contribution in [1.82, 2.24) is 4.90 Å². The lowest BCUT2D eigenvalue weighted by atomic mass is 9.92. The predicted octanol–water partition coefficient (Wildman–Crippen LogP) is 6.67. The van der Waals surface area contributed by atoms with Gasteiger partial charge in [-0.2, -0.15) is 0 Å². The molecular formula is C30H38ClN3O2. The Hall–Kier alpha value is -2.37. The van der Waals surface area contributed by atoms with Crippen LogP contribution in [0.2, 0.25) is 5.02 Å². The van der Waals surface area contributed by atoms with Crippen molar-refractivity contribution < 1.29 is 9.59 Å². The minimum absolute atomic E-state index is 0.165. The summed E-state index contributed by atoms with van der Waals surface area (Å²) in [6.45, 7) is 5.70. The number of hydrogen-bond donors (Lipinski definition) is 1. The fourth-order valence-corrected chi connectivity index (χ4v) is 5.81. The monoisotopic (exact) mass is 507 g/mol. The molecule has 0 radical (unpaired) electrons. The summed E-state index contributed by atoms with van der Waals surface area (Å²) in [4.78, 5) is 30.9. The lowest BCUT2D eigenvalue weighted by molar-refractivity contribution is 0.0974. The standard InChI is InChI=1S/C30H38ClN3O2/c31-26-6-4-5-25(20-26)30(36)32-27-21-24(29(35)19-23-7-8-23)9-10-28(27)34-17-12-22(13-18-34)11-16-33-14-2-1-3-15-33/h4-6,9-10,20-23H,1-3,7-8,11-19H2,(H,32,36). The van der Waals surface area contributed by atoms with E-state index < -0.39 is 0 Å². The fourth-order valence-electron chi connectivity index (χ4n) is 5.62. The Balaban J connectivity index is 1.27. The third-order valence-corrected chi connectivity index (χ3v) is 8.32. The zero-order valence-corrected chi connectivity index (χ0v) is 21.9. The molecule has 0 bridgehead atoms. The van der Waals surface area contributed by atoms with Crippen LogP contribution in [0.1, 0.15) is 78.5 Å². The number of likely N-dealkylation sites (tertiary alicyclic amines) is 1. The van der Waals surface area contributed by atoms with E-state index in [0.29, 0.717) is 34.2 Å². The van der Waals surface area contributed by atoms with Crippen LogP contribution in [0.4, 0.5) is 11.4 Å². The SMILES string of the molecule is O=C(CC1CC1)c1ccc(N2CCC(CCN3CCCCC3)CC2)c(NC(=O)c2cccc(Cl)c2)c1. The number of ketones is 1. The first-order chi connectivity index (χ1) is 17.5. The molecule has 0 unspecified atom stereocenters. The molecule has 2 heterocycles. The van der Waals surface area contributed by atoms with Gasteiger partial charge in [-0.05, 0) is 113 Å².